The van der Waals surface area contributed by atoms with Gasteiger partial charge in [0.25, 0.3) is 0 Å². The van der Waals surface area contributed by atoms with Gasteiger partial charge in [-0.25, -0.2) is 8.51 Å². The van der Waals surface area contributed by atoms with Crippen LogP contribution in [0.2, 0.25) is 0 Å². The molecule has 2 fully saturated rings. The number of piperidine rings is 1. The smallest absolute Gasteiger partial charge is 0.137 e. The number of nitrogens with one attached hydrogen (secondary N) is 1. The van der Waals surface area contributed by atoms with Gasteiger partial charge in [0, 0.05) is 31.2 Å². The molecule has 7 nitrogen and oxygen atoms in total. The van der Waals surface area contributed by atoms with Crippen molar-refractivity contribution in [3.05, 3.63) is 30.6 Å². The summed E-state index contributed by atoms with van der Waals surface area (Å²) in [5.74, 6) is 1.16. The summed E-state index contributed by atoms with van der Waals surface area (Å²) in [5, 5.41) is 7.09. The Morgan fingerprint density at radius 1 is 1.35 bits per heavy atom. The van der Waals surface area contributed by atoms with Crippen LogP contribution in [0.25, 0.3) is 11.4 Å². The monoisotopic (exact) mass is 375 g/mol. The first-order chi connectivity index (χ1) is 12.7. The summed E-state index contributed by atoms with van der Waals surface area (Å²) in [4.78, 5) is 4.41. The molecule has 0 radical (unpaired) electrons. The fraction of sp³-hybridized carbons (Fsp3) is 0.556. The van der Waals surface area contributed by atoms with Crippen LogP contribution in [0.1, 0.15) is 25.7 Å². The predicted molar refractivity (Wildman–Crippen MR) is 101 cm³/mol. The normalized spacial score (nSPS) is 27.7. The van der Waals surface area contributed by atoms with Crippen molar-refractivity contribution in [3.8, 4) is 17.1 Å². The van der Waals surface area contributed by atoms with Crippen molar-refractivity contribution in [3.63, 3.8) is 0 Å². The topological polar surface area (TPSA) is 97.1 Å². The van der Waals surface area contributed by atoms with Gasteiger partial charge in [0.2, 0.25) is 0 Å². The zero-order valence-electron chi connectivity index (χ0n) is 14.7. The van der Waals surface area contributed by atoms with Crippen LogP contribution in [0.15, 0.2) is 30.6 Å². The van der Waals surface area contributed by atoms with Gasteiger partial charge in [0.1, 0.15) is 5.75 Å². The minimum absolute atomic E-state index is 0.241. The molecule has 2 aliphatic rings. The third-order valence-electron chi connectivity index (χ3n) is 5.15. The summed E-state index contributed by atoms with van der Waals surface area (Å²) in [6.45, 7) is 2.37. The Hall–Kier alpha value is -1.77. The van der Waals surface area contributed by atoms with Gasteiger partial charge >= 0.3 is 0 Å². The Bertz CT molecular complexity index is 731. The van der Waals surface area contributed by atoms with Crippen molar-refractivity contribution in [2.45, 2.75) is 37.0 Å². The van der Waals surface area contributed by atoms with Gasteiger partial charge in [-0.05, 0) is 43.9 Å². The SMILES string of the molecule is NC1CC(S(=O)N2CCC[C@@H](COc3ccc(-c4ccn[nH]4)nc3)C2)C1. The third-order valence-corrected chi connectivity index (χ3v) is 6.95. The second-order valence-corrected chi connectivity index (χ2v) is 8.92. The number of pyridine rings is 1. The van der Waals surface area contributed by atoms with E-state index in [9.17, 15) is 4.21 Å². The molecule has 1 unspecified atom stereocenters. The highest BCUT2D eigenvalue weighted by atomic mass is 32.2. The number of rotatable bonds is 6. The Kier molecular flexibility index (Phi) is 5.33. The Morgan fingerprint density at radius 2 is 2.23 bits per heavy atom. The molecule has 2 atom stereocenters. The molecule has 0 spiro atoms. The first-order valence-corrected chi connectivity index (χ1v) is 10.4. The van der Waals surface area contributed by atoms with E-state index in [1.807, 2.05) is 18.2 Å². The van der Waals surface area contributed by atoms with Crippen LogP contribution in [0.4, 0.5) is 0 Å². The predicted octanol–water partition coefficient (Wildman–Crippen LogP) is 1.72. The highest BCUT2D eigenvalue weighted by Crippen LogP contribution is 2.28. The van der Waals surface area contributed by atoms with Crippen molar-refractivity contribution in [1.29, 1.82) is 0 Å². The van der Waals surface area contributed by atoms with Crippen molar-refractivity contribution in [2.75, 3.05) is 19.7 Å². The number of hydrogen-bond acceptors (Lipinski definition) is 5. The summed E-state index contributed by atoms with van der Waals surface area (Å²) in [5.41, 5.74) is 7.56. The number of hydrogen-bond donors (Lipinski definition) is 2. The minimum atomic E-state index is -0.898. The number of H-pyrrole nitrogens is 1. The van der Waals surface area contributed by atoms with Crippen molar-refractivity contribution < 1.29 is 8.95 Å². The Labute approximate surface area is 155 Å². The average Bonchev–Trinajstić information content (AvgIpc) is 3.19. The molecule has 1 saturated heterocycles. The van der Waals surface area contributed by atoms with Crippen LogP contribution < -0.4 is 10.5 Å². The molecule has 8 heteroatoms. The van der Waals surface area contributed by atoms with Crippen LogP contribution in [-0.2, 0) is 11.0 Å². The molecule has 3 heterocycles. The van der Waals surface area contributed by atoms with E-state index < -0.39 is 11.0 Å². The van der Waals surface area contributed by atoms with Gasteiger partial charge in [0.15, 0.2) is 0 Å². The second-order valence-electron chi connectivity index (χ2n) is 7.19. The molecule has 2 aromatic heterocycles. The molecular weight excluding hydrogens is 350 g/mol. The molecule has 0 amide bonds. The van der Waals surface area contributed by atoms with Gasteiger partial charge in [-0.3, -0.25) is 10.1 Å². The Balaban J connectivity index is 1.28. The largest absolute Gasteiger partial charge is 0.492 e. The lowest BCUT2D eigenvalue weighted by atomic mass is 9.94. The fourth-order valence-corrected chi connectivity index (χ4v) is 5.46. The summed E-state index contributed by atoms with van der Waals surface area (Å²) < 4.78 is 20.7. The van der Waals surface area contributed by atoms with Crippen molar-refractivity contribution in [2.24, 2.45) is 11.7 Å². The summed E-state index contributed by atoms with van der Waals surface area (Å²) in [7, 11) is -0.898. The van der Waals surface area contributed by atoms with Gasteiger partial charge in [-0.2, -0.15) is 5.10 Å². The van der Waals surface area contributed by atoms with E-state index >= 15 is 0 Å². The third kappa shape index (κ3) is 3.97. The average molecular weight is 375 g/mol. The summed E-state index contributed by atoms with van der Waals surface area (Å²) in [6, 6.07) is 5.97. The molecule has 3 N–H and O–H groups in total. The molecule has 1 aliphatic carbocycles. The van der Waals surface area contributed by atoms with Gasteiger partial charge < -0.3 is 10.5 Å². The van der Waals surface area contributed by atoms with E-state index in [1.54, 1.807) is 12.4 Å². The molecule has 4 rings (SSSR count). The maximum absolute atomic E-state index is 12.6. The van der Waals surface area contributed by atoms with Gasteiger partial charge in [-0.15, -0.1) is 0 Å². The van der Waals surface area contributed by atoms with E-state index in [1.165, 1.54) is 0 Å². The zero-order valence-corrected chi connectivity index (χ0v) is 15.5. The maximum atomic E-state index is 12.6. The number of aromatic amines is 1. The lowest BCUT2D eigenvalue weighted by Gasteiger charge is -2.38. The number of nitrogens with zero attached hydrogens (tertiary/aromatic N) is 3. The van der Waals surface area contributed by atoms with Crippen molar-refractivity contribution in [1.82, 2.24) is 19.5 Å². The van der Waals surface area contributed by atoms with Gasteiger partial charge in [-0.1, -0.05) is 0 Å². The zero-order chi connectivity index (χ0) is 17.9. The number of ether oxygens (including phenoxy) is 1. The quantitative estimate of drug-likeness (QED) is 0.801. The van der Waals surface area contributed by atoms with E-state index in [0.717, 1.165) is 55.9 Å². The molecule has 140 valence electrons. The Morgan fingerprint density at radius 3 is 2.92 bits per heavy atom. The van der Waals surface area contributed by atoms with Gasteiger partial charge in [0.05, 0.1) is 40.4 Å². The standard InChI is InChI=1S/C18H25N5O2S/c19-14-8-16(9-14)26(24)23-7-1-2-13(11-23)12-25-15-3-4-17(20-10-15)18-5-6-21-22-18/h3-6,10,13-14,16H,1-2,7-9,11-12,19H2,(H,21,22)/t13-,14?,16?,26?/m1/s1. The maximum Gasteiger partial charge on any atom is 0.137 e. The highest BCUT2D eigenvalue weighted by Gasteiger charge is 2.35. The van der Waals surface area contributed by atoms with Crippen LogP contribution in [-0.4, -0.2) is 54.7 Å². The molecule has 1 saturated carbocycles. The molecule has 26 heavy (non-hydrogen) atoms. The number of aromatic nitrogens is 3. The first kappa shape index (κ1) is 17.6. The lowest BCUT2D eigenvalue weighted by molar-refractivity contribution is 0.181. The van der Waals surface area contributed by atoms with Crippen LogP contribution in [0.3, 0.4) is 0 Å². The molecule has 0 bridgehead atoms. The molecule has 2 aromatic rings. The van der Waals surface area contributed by atoms with Crippen LogP contribution in [0, 0.1) is 5.92 Å². The van der Waals surface area contributed by atoms with Crippen LogP contribution >= 0.6 is 0 Å². The van der Waals surface area contributed by atoms with E-state index in [-0.39, 0.29) is 11.3 Å². The first-order valence-electron chi connectivity index (χ1n) is 9.19. The lowest BCUT2D eigenvalue weighted by Crippen LogP contribution is -2.49. The van der Waals surface area contributed by atoms with E-state index in [2.05, 4.69) is 19.5 Å². The summed E-state index contributed by atoms with van der Waals surface area (Å²) >= 11 is 0. The second kappa shape index (κ2) is 7.85. The highest BCUT2D eigenvalue weighted by molar-refractivity contribution is 7.83. The van der Waals surface area contributed by atoms with Crippen LogP contribution in [0.5, 0.6) is 5.75 Å². The summed E-state index contributed by atoms with van der Waals surface area (Å²) in [6.07, 6.45) is 7.40. The molecule has 0 aromatic carbocycles. The van der Waals surface area contributed by atoms with Crippen molar-refractivity contribution >= 4 is 11.0 Å². The molecular formula is C18H25N5O2S. The number of nitrogens with two attached hydrogens (primary N) is 1. The van der Waals surface area contributed by atoms with E-state index in [4.69, 9.17) is 10.5 Å². The molecule has 1 aliphatic heterocycles. The minimum Gasteiger partial charge on any atom is -0.492 e. The fourth-order valence-electron chi connectivity index (χ4n) is 3.55. The van der Waals surface area contributed by atoms with E-state index in [0.29, 0.717) is 12.5 Å².